The van der Waals surface area contributed by atoms with Gasteiger partial charge in [0.1, 0.15) is 0 Å². The second-order valence-corrected chi connectivity index (χ2v) is 4.83. The number of ketones is 1. The molecule has 0 rings (SSSR count). The average Bonchev–Trinajstić information content (AvgIpc) is 2.33. The Morgan fingerprint density at radius 1 is 1.40 bits per heavy atom. The fourth-order valence-electron chi connectivity index (χ4n) is 1.21. The topological polar surface area (TPSA) is 93.8 Å². The summed E-state index contributed by atoms with van der Waals surface area (Å²) in [5.41, 5.74) is 8.34. The molecule has 0 aliphatic rings. The number of hydrazone groups is 1. The third-order valence-corrected chi connectivity index (χ3v) is 2.15. The number of rotatable bonds is 8. The molecule has 112 valence electrons. The predicted molar refractivity (Wildman–Crippen MR) is 82.3 cm³/mol. The zero-order valence-corrected chi connectivity index (χ0v) is 12.9. The Balaban J connectivity index is 4.76. The van der Waals surface area contributed by atoms with E-state index in [1.54, 1.807) is 13.8 Å². The number of thiocarbonyl (C=S) groups is 1. The molecule has 3 N–H and O–H groups in total. The molecule has 0 aliphatic heterocycles. The van der Waals surface area contributed by atoms with E-state index < -0.39 is 5.97 Å². The van der Waals surface area contributed by atoms with Crippen LogP contribution in [0.15, 0.2) is 16.8 Å². The van der Waals surface area contributed by atoms with E-state index in [1.165, 1.54) is 6.08 Å². The zero-order chi connectivity index (χ0) is 15.5. The predicted octanol–water partition coefficient (Wildman–Crippen LogP) is 1.44. The van der Waals surface area contributed by atoms with Gasteiger partial charge in [-0.25, -0.2) is 4.79 Å². The Hall–Kier alpha value is -1.76. The van der Waals surface area contributed by atoms with Crippen molar-refractivity contribution in [3.63, 3.8) is 0 Å². The highest BCUT2D eigenvalue weighted by Gasteiger charge is 2.16. The number of esters is 1. The van der Waals surface area contributed by atoms with Gasteiger partial charge in [-0.3, -0.25) is 10.2 Å². The van der Waals surface area contributed by atoms with Crippen LogP contribution in [0.25, 0.3) is 0 Å². The van der Waals surface area contributed by atoms with Crippen LogP contribution in [0.4, 0.5) is 0 Å². The molecule has 0 saturated carbocycles. The Kier molecular flexibility index (Phi) is 9.19. The average molecular weight is 299 g/mol. The lowest BCUT2D eigenvalue weighted by molar-refractivity contribution is -0.136. The molecule has 0 aliphatic carbocycles. The number of hydrogen-bond acceptors (Lipinski definition) is 5. The van der Waals surface area contributed by atoms with Gasteiger partial charge in [0.05, 0.1) is 13.0 Å². The van der Waals surface area contributed by atoms with Crippen LogP contribution < -0.4 is 11.2 Å². The second kappa shape index (κ2) is 10.1. The maximum absolute atomic E-state index is 11.8. The molecule has 20 heavy (non-hydrogen) atoms. The van der Waals surface area contributed by atoms with Crippen molar-refractivity contribution in [1.82, 2.24) is 5.43 Å². The highest BCUT2D eigenvalue weighted by atomic mass is 32.1. The monoisotopic (exact) mass is 299 g/mol. The van der Waals surface area contributed by atoms with Crippen LogP contribution in [0.5, 0.6) is 0 Å². The Morgan fingerprint density at radius 2 is 2.05 bits per heavy atom. The molecule has 0 saturated heterocycles. The summed E-state index contributed by atoms with van der Waals surface area (Å²) in [5.74, 6) is -0.876. The largest absolute Gasteiger partial charge is 0.461 e. The Morgan fingerprint density at radius 3 is 2.55 bits per heavy atom. The number of ether oxygens (including phenoxy) is 1. The van der Waals surface area contributed by atoms with Gasteiger partial charge in [-0.05, 0) is 38.6 Å². The van der Waals surface area contributed by atoms with Gasteiger partial charge in [0, 0.05) is 0 Å². The fraction of sp³-hybridized carbons (Fsp3) is 0.538. The van der Waals surface area contributed by atoms with Crippen LogP contribution in [0, 0.1) is 0 Å². The summed E-state index contributed by atoms with van der Waals surface area (Å²) in [4.78, 5) is 23.5. The summed E-state index contributed by atoms with van der Waals surface area (Å²) >= 11 is 4.60. The van der Waals surface area contributed by atoms with E-state index in [-0.39, 0.29) is 29.6 Å². The first-order valence-corrected chi connectivity index (χ1v) is 6.74. The van der Waals surface area contributed by atoms with Crippen molar-refractivity contribution >= 4 is 34.8 Å². The van der Waals surface area contributed by atoms with Gasteiger partial charge in [0.25, 0.3) is 0 Å². The maximum atomic E-state index is 11.8. The minimum Gasteiger partial charge on any atom is -0.461 e. The van der Waals surface area contributed by atoms with E-state index in [9.17, 15) is 9.59 Å². The molecule has 6 nitrogen and oxygen atoms in total. The van der Waals surface area contributed by atoms with E-state index in [4.69, 9.17) is 10.5 Å². The Labute approximate surface area is 124 Å². The van der Waals surface area contributed by atoms with Crippen LogP contribution >= 0.6 is 12.2 Å². The summed E-state index contributed by atoms with van der Waals surface area (Å²) in [5, 5.41) is 3.64. The molecule has 0 aromatic carbocycles. The third kappa shape index (κ3) is 9.21. The summed E-state index contributed by atoms with van der Waals surface area (Å²) in [7, 11) is 0. The summed E-state index contributed by atoms with van der Waals surface area (Å²) < 4.78 is 5.02. The minimum absolute atomic E-state index is 0.0450. The SMILES string of the molecule is CCCCOC(=O)/C(CC(=O)C=C(C)C)=N/NC(N)=S. The molecule has 0 spiro atoms. The van der Waals surface area contributed by atoms with E-state index >= 15 is 0 Å². The molecule has 0 amide bonds. The van der Waals surface area contributed by atoms with Crippen LogP contribution in [0.2, 0.25) is 0 Å². The minimum atomic E-state index is -0.641. The van der Waals surface area contributed by atoms with Crippen molar-refractivity contribution in [1.29, 1.82) is 0 Å². The van der Waals surface area contributed by atoms with Crippen LogP contribution in [-0.2, 0) is 14.3 Å². The number of nitrogens with two attached hydrogens (primary N) is 1. The van der Waals surface area contributed by atoms with Crippen LogP contribution in [0.1, 0.15) is 40.0 Å². The van der Waals surface area contributed by atoms with E-state index in [2.05, 4.69) is 22.7 Å². The molecule has 0 heterocycles. The van der Waals surface area contributed by atoms with Gasteiger partial charge < -0.3 is 10.5 Å². The quantitative estimate of drug-likeness (QED) is 0.176. The number of unbranched alkanes of at least 4 members (excludes halogenated alkanes) is 1. The van der Waals surface area contributed by atoms with Crippen LogP contribution in [-0.4, -0.2) is 29.2 Å². The normalized spacial score (nSPS) is 10.7. The third-order valence-electron chi connectivity index (χ3n) is 2.06. The van der Waals surface area contributed by atoms with Gasteiger partial charge in [-0.2, -0.15) is 5.10 Å². The molecular weight excluding hydrogens is 278 g/mol. The smallest absolute Gasteiger partial charge is 0.354 e. The van der Waals surface area contributed by atoms with E-state index in [1.807, 2.05) is 6.92 Å². The number of allylic oxidation sites excluding steroid dienone is 2. The van der Waals surface area contributed by atoms with Crippen molar-refractivity contribution in [2.24, 2.45) is 10.8 Å². The lowest BCUT2D eigenvalue weighted by Gasteiger charge is -2.06. The van der Waals surface area contributed by atoms with Crippen LogP contribution in [0.3, 0.4) is 0 Å². The molecular formula is C13H21N3O3S. The fourth-order valence-corrected chi connectivity index (χ4v) is 1.26. The van der Waals surface area contributed by atoms with Gasteiger partial charge in [-0.15, -0.1) is 0 Å². The van der Waals surface area contributed by atoms with Gasteiger partial charge in [-0.1, -0.05) is 18.9 Å². The molecule has 0 fully saturated rings. The number of nitrogens with zero attached hydrogens (tertiary/aromatic N) is 1. The van der Waals surface area contributed by atoms with Crippen molar-refractivity contribution in [3.8, 4) is 0 Å². The van der Waals surface area contributed by atoms with E-state index in [0.717, 1.165) is 18.4 Å². The number of nitrogens with one attached hydrogen (secondary N) is 1. The summed E-state index contributed by atoms with van der Waals surface area (Å²) in [6, 6.07) is 0. The molecule has 0 aromatic rings. The number of carbonyl (C=O) groups excluding carboxylic acids is 2. The van der Waals surface area contributed by atoms with Gasteiger partial charge in [0.15, 0.2) is 16.6 Å². The maximum Gasteiger partial charge on any atom is 0.354 e. The summed E-state index contributed by atoms with van der Waals surface area (Å²) in [6.45, 7) is 5.86. The lowest BCUT2D eigenvalue weighted by atomic mass is 10.1. The standard InChI is InChI=1S/C13H21N3O3S/c1-4-5-6-19-12(18)11(15-16-13(14)20)8-10(17)7-9(2)3/h7H,4-6,8H2,1-3H3,(H3,14,16,20)/b15-11+. The number of hydrogen-bond donors (Lipinski definition) is 2. The Bertz CT molecular complexity index is 427. The molecule has 0 unspecified atom stereocenters. The first-order valence-electron chi connectivity index (χ1n) is 6.33. The zero-order valence-electron chi connectivity index (χ0n) is 12.1. The lowest BCUT2D eigenvalue weighted by Crippen LogP contribution is -2.29. The van der Waals surface area contributed by atoms with Gasteiger partial charge in [0.2, 0.25) is 0 Å². The van der Waals surface area contributed by atoms with Crippen molar-refractivity contribution in [3.05, 3.63) is 11.6 Å². The summed E-state index contributed by atoms with van der Waals surface area (Å²) in [6.07, 6.45) is 2.94. The molecule has 7 heteroatoms. The molecule has 0 atom stereocenters. The first kappa shape index (κ1) is 18.2. The number of carbonyl (C=O) groups is 2. The van der Waals surface area contributed by atoms with E-state index in [0.29, 0.717) is 0 Å². The first-order chi connectivity index (χ1) is 9.36. The molecule has 0 bridgehead atoms. The molecule has 0 radical (unpaired) electrons. The van der Waals surface area contributed by atoms with Crippen molar-refractivity contribution in [2.45, 2.75) is 40.0 Å². The molecule has 0 aromatic heterocycles. The van der Waals surface area contributed by atoms with Gasteiger partial charge >= 0.3 is 5.97 Å². The van der Waals surface area contributed by atoms with Crippen molar-refractivity contribution in [2.75, 3.05) is 6.61 Å². The van der Waals surface area contributed by atoms with Crippen molar-refractivity contribution < 1.29 is 14.3 Å². The highest BCUT2D eigenvalue weighted by Crippen LogP contribution is 1.99. The highest BCUT2D eigenvalue weighted by molar-refractivity contribution is 7.80. The second-order valence-electron chi connectivity index (χ2n) is 4.39.